The summed E-state index contributed by atoms with van der Waals surface area (Å²) in [6.07, 6.45) is -5.16. The lowest BCUT2D eigenvalue weighted by Gasteiger charge is -2.34. The van der Waals surface area contributed by atoms with Crippen LogP contribution in [0.5, 0.6) is 0 Å². The van der Waals surface area contributed by atoms with Gasteiger partial charge in [-0.3, -0.25) is 14.3 Å². The first-order valence-electron chi connectivity index (χ1n) is 13.2. The summed E-state index contributed by atoms with van der Waals surface area (Å²) >= 11 is 7.25. The van der Waals surface area contributed by atoms with Crippen LogP contribution in [0.2, 0.25) is 0 Å². The highest BCUT2D eigenvalue weighted by molar-refractivity contribution is 7.71. The normalized spacial score (nSPS) is 15.2. The Labute approximate surface area is 248 Å². The third kappa shape index (κ3) is 6.54. The van der Waals surface area contributed by atoms with E-state index in [0.717, 1.165) is 16.8 Å². The molecule has 1 atom stereocenters. The highest BCUT2D eigenvalue weighted by Gasteiger charge is 2.34. The molecule has 0 radical (unpaired) electrons. The summed E-state index contributed by atoms with van der Waals surface area (Å²) in [4.78, 5) is 22.4. The predicted octanol–water partition coefficient (Wildman–Crippen LogP) is 6.58. The Hall–Kier alpha value is -3.26. The van der Waals surface area contributed by atoms with E-state index in [1.54, 1.807) is 28.5 Å². The Morgan fingerprint density at radius 3 is 2.50 bits per heavy atom. The zero-order chi connectivity index (χ0) is 30.0. The van der Waals surface area contributed by atoms with E-state index in [-0.39, 0.29) is 18.5 Å². The van der Waals surface area contributed by atoms with Gasteiger partial charge in [0.1, 0.15) is 22.1 Å². The summed E-state index contributed by atoms with van der Waals surface area (Å²) in [6, 6.07) is 9.46. The van der Waals surface area contributed by atoms with E-state index >= 15 is 0 Å². The molecule has 3 heterocycles. The summed E-state index contributed by atoms with van der Waals surface area (Å²) < 4.78 is 75.8. The van der Waals surface area contributed by atoms with Gasteiger partial charge in [-0.2, -0.15) is 13.2 Å². The molecule has 0 spiro atoms. The Kier molecular flexibility index (Phi) is 9.02. The van der Waals surface area contributed by atoms with Gasteiger partial charge in [-0.25, -0.2) is 13.8 Å². The number of amides is 1. The molecular weight excluding hydrogens is 595 g/mol. The quantitative estimate of drug-likeness (QED) is 0.164. The minimum Gasteiger partial charge on any atom is -0.379 e. The number of rotatable bonds is 8. The molecule has 1 amide bonds. The Morgan fingerprint density at radius 1 is 1.12 bits per heavy atom. The van der Waals surface area contributed by atoms with Crippen LogP contribution in [0.3, 0.4) is 0 Å². The molecule has 2 aromatic heterocycles. The van der Waals surface area contributed by atoms with Crippen LogP contribution in [0.15, 0.2) is 53.9 Å². The van der Waals surface area contributed by atoms with E-state index < -0.39 is 35.3 Å². The maximum Gasteiger partial charge on any atom is 0.419 e. The molecule has 13 heteroatoms. The molecule has 1 unspecified atom stereocenters. The molecule has 0 bridgehead atoms. The molecule has 0 N–H and O–H groups in total. The van der Waals surface area contributed by atoms with Gasteiger partial charge in [0.05, 0.1) is 41.5 Å². The van der Waals surface area contributed by atoms with E-state index in [0.29, 0.717) is 60.6 Å². The maximum atomic E-state index is 14.3. The number of ether oxygens (including phenoxy) is 1. The molecule has 1 fully saturated rings. The highest BCUT2D eigenvalue weighted by atomic mass is 32.1. The van der Waals surface area contributed by atoms with Crippen molar-refractivity contribution in [3.8, 4) is 5.69 Å². The number of morpholine rings is 1. The van der Waals surface area contributed by atoms with Gasteiger partial charge in [0, 0.05) is 31.9 Å². The van der Waals surface area contributed by atoms with Crippen LogP contribution in [0.4, 0.5) is 22.0 Å². The molecule has 0 aliphatic carbocycles. The number of carbonyl (C=O) groups is 1. The third-order valence-electron chi connectivity index (χ3n) is 7.21. The Bertz CT molecular complexity index is 1630. The van der Waals surface area contributed by atoms with Crippen molar-refractivity contribution in [1.29, 1.82) is 0 Å². The Balaban J connectivity index is 1.53. The van der Waals surface area contributed by atoms with Crippen molar-refractivity contribution >= 4 is 39.7 Å². The third-order valence-corrected chi connectivity index (χ3v) is 8.63. The van der Waals surface area contributed by atoms with Crippen molar-refractivity contribution in [1.82, 2.24) is 19.4 Å². The van der Waals surface area contributed by atoms with Crippen LogP contribution >= 0.6 is 23.6 Å². The van der Waals surface area contributed by atoms with Crippen molar-refractivity contribution < 1.29 is 31.5 Å². The van der Waals surface area contributed by atoms with Crippen molar-refractivity contribution in [3.63, 3.8) is 0 Å². The molecule has 0 saturated carbocycles. The number of hydrogen-bond donors (Lipinski definition) is 0. The lowest BCUT2D eigenvalue weighted by atomic mass is 10.1. The average molecular weight is 623 g/mol. The number of carbonyl (C=O) groups excluding carboxylic acids is 1. The van der Waals surface area contributed by atoms with Gasteiger partial charge < -0.3 is 9.64 Å². The molecule has 1 aliphatic rings. The van der Waals surface area contributed by atoms with Crippen molar-refractivity contribution in [3.05, 3.63) is 87.1 Å². The minimum atomic E-state index is -4.84. The minimum absolute atomic E-state index is 0.116. The van der Waals surface area contributed by atoms with Gasteiger partial charge in [0.2, 0.25) is 5.91 Å². The first-order chi connectivity index (χ1) is 20.0. The van der Waals surface area contributed by atoms with Gasteiger partial charge in [0.15, 0.2) is 0 Å². The van der Waals surface area contributed by atoms with E-state index in [1.807, 2.05) is 11.4 Å². The van der Waals surface area contributed by atoms with Crippen molar-refractivity contribution in [2.24, 2.45) is 0 Å². The number of hydrogen-bond acceptors (Lipinski definition) is 6. The number of aromatic nitrogens is 2. The fourth-order valence-corrected chi connectivity index (χ4v) is 6.18. The first kappa shape index (κ1) is 30.2. The van der Waals surface area contributed by atoms with Crippen LogP contribution < -0.4 is 0 Å². The maximum absolute atomic E-state index is 14.3. The number of nitrogens with zero attached hydrogens (tertiary/aromatic N) is 4. The summed E-state index contributed by atoms with van der Waals surface area (Å²) in [7, 11) is 0. The van der Waals surface area contributed by atoms with Crippen molar-refractivity contribution in [2.45, 2.75) is 25.6 Å². The molecule has 42 heavy (non-hydrogen) atoms. The average Bonchev–Trinajstić information content (AvgIpc) is 3.43. The first-order valence-corrected chi connectivity index (χ1v) is 14.5. The Morgan fingerprint density at radius 2 is 1.83 bits per heavy atom. The van der Waals surface area contributed by atoms with Gasteiger partial charge in [-0.05, 0) is 60.3 Å². The van der Waals surface area contributed by atoms with E-state index in [1.165, 1.54) is 23.5 Å². The van der Waals surface area contributed by atoms with Crippen molar-refractivity contribution in [2.75, 3.05) is 39.4 Å². The molecule has 5 rings (SSSR count). The molecule has 4 aromatic rings. The van der Waals surface area contributed by atoms with E-state index in [9.17, 15) is 26.7 Å². The van der Waals surface area contributed by atoms with Gasteiger partial charge in [0.25, 0.3) is 0 Å². The van der Waals surface area contributed by atoms with E-state index in [2.05, 4.69) is 4.90 Å². The molecule has 222 valence electrons. The van der Waals surface area contributed by atoms with E-state index in [4.69, 9.17) is 21.9 Å². The number of halogens is 5. The molecule has 1 aliphatic heterocycles. The number of fused-ring (bicyclic) bond motifs is 1. The summed E-state index contributed by atoms with van der Waals surface area (Å²) in [6.45, 7) is 5.07. The van der Waals surface area contributed by atoms with Gasteiger partial charge in [-0.15, -0.1) is 11.3 Å². The molecular formula is C29H27F5N4O2S2. The van der Waals surface area contributed by atoms with Crippen LogP contribution in [-0.2, 0) is 22.1 Å². The SMILES string of the molecule is CC(c1nc2ccsc2c(=S)n1-c1ccc(F)cc1)N(CCN1CCOCC1)C(=O)Cc1ccc(C(F)(F)F)c(F)c1. The monoisotopic (exact) mass is 622 g/mol. The zero-order valence-corrected chi connectivity index (χ0v) is 24.2. The summed E-state index contributed by atoms with van der Waals surface area (Å²) in [5.41, 5.74) is -0.0550. The number of alkyl halides is 3. The number of thiophene rings is 1. The molecule has 2 aromatic carbocycles. The number of benzene rings is 2. The second-order valence-corrected chi connectivity index (χ2v) is 11.2. The fourth-order valence-electron chi connectivity index (χ4n) is 4.97. The lowest BCUT2D eigenvalue weighted by molar-refractivity contribution is -0.140. The van der Waals surface area contributed by atoms with Crippen LogP contribution in [0.1, 0.15) is 29.9 Å². The van der Waals surface area contributed by atoms with Crippen LogP contribution in [-0.4, -0.2) is 64.7 Å². The predicted molar refractivity (Wildman–Crippen MR) is 152 cm³/mol. The highest BCUT2D eigenvalue weighted by Crippen LogP contribution is 2.32. The molecule has 6 nitrogen and oxygen atoms in total. The fraction of sp³-hybridized carbons (Fsp3) is 0.345. The van der Waals surface area contributed by atoms with Gasteiger partial charge in [-0.1, -0.05) is 18.3 Å². The summed E-state index contributed by atoms with van der Waals surface area (Å²) in [5.74, 6) is -1.84. The topological polar surface area (TPSA) is 50.6 Å². The standard InChI is InChI=1S/C29H27F5N4O2S2/c1-18(27-35-24-8-15-42-26(24)28(41)38(27)21-5-3-20(30)4-6-21)37(10-9-36-11-13-40-14-12-36)25(39)17-19-2-7-22(23(31)16-19)29(32,33)34/h2-8,15-16,18H,9-14,17H2,1H3. The molecule has 1 saturated heterocycles. The largest absolute Gasteiger partial charge is 0.419 e. The summed E-state index contributed by atoms with van der Waals surface area (Å²) in [5, 5.41) is 1.86. The van der Waals surface area contributed by atoms with Gasteiger partial charge >= 0.3 is 6.18 Å². The van der Waals surface area contributed by atoms with Crippen LogP contribution in [0, 0.1) is 16.3 Å². The second kappa shape index (κ2) is 12.5. The smallest absolute Gasteiger partial charge is 0.379 e. The lowest BCUT2D eigenvalue weighted by Crippen LogP contribution is -2.44. The van der Waals surface area contributed by atoms with Crippen LogP contribution in [0.25, 0.3) is 15.9 Å². The zero-order valence-electron chi connectivity index (χ0n) is 22.5. The second-order valence-electron chi connectivity index (χ2n) is 9.93.